The zero-order valence-electron chi connectivity index (χ0n) is 17.4. The quantitative estimate of drug-likeness (QED) is 0.446. The van der Waals surface area contributed by atoms with Crippen molar-refractivity contribution in [3.05, 3.63) is 79.5 Å². The van der Waals surface area contributed by atoms with Crippen LogP contribution in [-0.2, 0) is 11.3 Å². The van der Waals surface area contributed by atoms with Crippen molar-refractivity contribution in [2.75, 3.05) is 19.5 Å². The maximum absolute atomic E-state index is 14.4. The zero-order valence-corrected chi connectivity index (χ0v) is 19.0. The minimum absolute atomic E-state index is 0.194. The summed E-state index contributed by atoms with van der Waals surface area (Å²) in [6.45, 7) is -0.437. The fourth-order valence-corrected chi connectivity index (χ4v) is 4.44. The number of rotatable bonds is 6. The van der Waals surface area contributed by atoms with Gasteiger partial charge in [-0.1, -0.05) is 23.7 Å². The summed E-state index contributed by atoms with van der Waals surface area (Å²) in [6.07, 6.45) is 0. The van der Waals surface area contributed by atoms with E-state index >= 15 is 0 Å². The lowest BCUT2D eigenvalue weighted by Gasteiger charge is -2.15. The molecule has 1 N–H and O–H groups in total. The number of aromatic nitrogens is 2. The van der Waals surface area contributed by atoms with Crippen molar-refractivity contribution in [1.82, 2.24) is 9.13 Å². The number of anilines is 1. The van der Waals surface area contributed by atoms with E-state index in [1.165, 1.54) is 44.6 Å². The molecule has 170 valence electrons. The molecule has 0 aliphatic carbocycles. The van der Waals surface area contributed by atoms with E-state index in [9.17, 15) is 18.8 Å². The number of ether oxygens (including phenoxy) is 2. The standard InChI is InChI=1S/C22H17ClFN3O5S/c1-31-17-10-18(32-2)14(9-12(17)23)25-19(28)11-26-16-7-8-33-20(16)21(29)27(22(26)30)15-6-4-3-5-13(15)24/h3-10H,11H2,1-2H3,(H,25,28). The number of nitrogens with zero attached hydrogens (tertiary/aromatic N) is 2. The number of hydrogen-bond acceptors (Lipinski definition) is 6. The van der Waals surface area contributed by atoms with Gasteiger partial charge in [-0.2, -0.15) is 0 Å². The van der Waals surface area contributed by atoms with E-state index in [4.69, 9.17) is 21.1 Å². The second-order valence-corrected chi connectivity index (χ2v) is 8.15. The molecular weight excluding hydrogens is 473 g/mol. The lowest BCUT2D eigenvalue weighted by Crippen LogP contribution is -2.40. The Labute approximate surface area is 195 Å². The van der Waals surface area contributed by atoms with Crippen molar-refractivity contribution in [1.29, 1.82) is 0 Å². The number of carbonyl (C=O) groups excluding carboxylic acids is 1. The van der Waals surface area contributed by atoms with E-state index in [0.717, 1.165) is 26.5 Å². The summed E-state index contributed by atoms with van der Waals surface area (Å²) >= 11 is 7.25. The minimum atomic E-state index is -0.842. The Bertz CT molecular complexity index is 1490. The Morgan fingerprint density at radius 1 is 1.12 bits per heavy atom. The van der Waals surface area contributed by atoms with Gasteiger partial charge in [0.05, 0.1) is 36.1 Å². The average molecular weight is 490 g/mol. The normalized spacial score (nSPS) is 10.9. The molecular formula is C22H17ClFN3O5S. The van der Waals surface area contributed by atoms with Gasteiger partial charge in [0.15, 0.2) is 0 Å². The SMILES string of the molecule is COc1cc(OC)c(NC(=O)Cn2c(=O)n(-c3ccccc3F)c(=O)c3sccc32)cc1Cl. The monoisotopic (exact) mass is 489 g/mol. The molecule has 2 aromatic heterocycles. The van der Waals surface area contributed by atoms with Gasteiger partial charge >= 0.3 is 5.69 Å². The molecule has 0 radical (unpaired) electrons. The molecule has 33 heavy (non-hydrogen) atoms. The Morgan fingerprint density at radius 3 is 2.55 bits per heavy atom. The molecule has 1 amide bonds. The fourth-order valence-electron chi connectivity index (χ4n) is 3.38. The molecule has 0 atom stereocenters. The van der Waals surface area contributed by atoms with Gasteiger partial charge in [-0.05, 0) is 29.6 Å². The summed E-state index contributed by atoms with van der Waals surface area (Å²) in [5, 5.41) is 4.52. The molecule has 0 aliphatic heterocycles. The Kier molecular flexibility index (Phi) is 6.21. The molecule has 4 aromatic rings. The first-order valence-corrected chi connectivity index (χ1v) is 10.8. The molecule has 0 unspecified atom stereocenters. The van der Waals surface area contributed by atoms with E-state index in [-0.39, 0.29) is 26.6 Å². The number of hydrogen-bond donors (Lipinski definition) is 1. The van der Waals surface area contributed by atoms with Crippen molar-refractivity contribution >= 4 is 44.7 Å². The van der Waals surface area contributed by atoms with Crippen molar-refractivity contribution in [3.63, 3.8) is 0 Å². The van der Waals surface area contributed by atoms with Crippen LogP contribution in [0.1, 0.15) is 0 Å². The van der Waals surface area contributed by atoms with Gasteiger partial charge in [-0.3, -0.25) is 14.2 Å². The number of fused-ring (bicyclic) bond motifs is 1. The van der Waals surface area contributed by atoms with Gasteiger partial charge in [-0.15, -0.1) is 11.3 Å². The van der Waals surface area contributed by atoms with Gasteiger partial charge in [0.1, 0.15) is 28.6 Å². The van der Waals surface area contributed by atoms with Crippen molar-refractivity contribution in [2.45, 2.75) is 6.54 Å². The van der Waals surface area contributed by atoms with Crippen LogP contribution in [0.15, 0.2) is 57.4 Å². The molecule has 0 bridgehead atoms. The summed E-state index contributed by atoms with van der Waals surface area (Å²) in [7, 11) is 2.87. The highest BCUT2D eigenvalue weighted by Gasteiger charge is 2.20. The predicted octanol–water partition coefficient (Wildman–Crippen LogP) is 3.66. The van der Waals surface area contributed by atoms with Crippen LogP contribution < -0.4 is 26.0 Å². The van der Waals surface area contributed by atoms with E-state index in [0.29, 0.717) is 11.5 Å². The highest BCUT2D eigenvalue weighted by atomic mass is 35.5. The summed E-state index contributed by atoms with van der Waals surface area (Å²) in [5.41, 5.74) is -1.15. The summed E-state index contributed by atoms with van der Waals surface area (Å²) < 4.78 is 26.9. The van der Waals surface area contributed by atoms with Crippen LogP contribution in [0.4, 0.5) is 10.1 Å². The molecule has 0 spiro atoms. The Hall–Kier alpha value is -3.63. The van der Waals surface area contributed by atoms with Crippen LogP contribution in [0, 0.1) is 5.82 Å². The van der Waals surface area contributed by atoms with Gasteiger partial charge < -0.3 is 14.8 Å². The Morgan fingerprint density at radius 2 is 1.85 bits per heavy atom. The minimum Gasteiger partial charge on any atom is -0.495 e. The van der Waals surface area contributed by atoms with E-state index in [2.05, 4.69) is 5.32 Å². The van der Waals surface area contributed by atoms with E-state index in [1.54, 1.807) is 11.4 Å². The molecule has 11 heteroatoms. The molecule has 2 aromatic carbocycles. The first-order valence-electron chi connectivity index (χ1n) is 9.55. The molecule has 8 nitrogen and oxygen atoms in total. The third kappa shape index (κ3) is 4.10. The number of benzene rings is 2. The van der Waals surface area contributed by atoms with Crippen LogP contribution in [0.5, 0.6) is 11.5 Å². The van der Waals surface area contributed by atoms with Gasteiger partial charge in [0.2, 0.25) is 5.91 Å². The maximum atomic E-state index is 14.4. The molecule has 2 heterocycles. The topological polar surface area (TPSA) is 91.6 Å². The summed E-state index contributed by atoms with van der Waals surface area (Å²) in [5.74, 6) is -0.655. The van der Waals surface area contributed by atoms with Gasteiger partial charge in [-0.25, -0.2) is 13.8 Å². The van der Waals surface area contributed by atoms with E-state index < -0.39 is 29.5 Å². The van der Waals surface area contributed by atoms with Crippen LogP contribution in [0.25, 0.3) is 15.9 Å². The van der Waals surface area contributed by atoms with Gasteiger partial charge in [0, 0.05) is 6.07 Å². The van der Waals surface area contributed by atoms with Crippen molar-refractivity contribution < 1.29 is 18.7 Å². The second-order valence-electron chi connectivity index (χ2n) is 6.83. The molecule has 0 fully saturated rings. The highest BCUT2D eigenvalue weighted by Crippen LogP contribution is 2.35. The lowest BCUT2D eigenvalue weighted by atomic mass is 10.2. The van der Waals surface area contributed by atoms with Crippen LogP contribution in [0.3, 0.4) is 0 Å². The number of halogens is 2. The van der Waals surface area contributed by atoms with Crippen LogP contribution in [0.2, 0.25) is 5.02 Å². The maximum Gasteiger partial charge on any atom is 0.336 e. The number of carbonyl (C=O) groups is 1. The molecule has 0 saturated carbocycles. The number of nitrogens with one attached hydrogen (secondary N) is 1. The number of thiophene rings is 1. The molecule has 0 saturated heterocycles. The van der Waals surface area contributed by atoms with Crippen LogP contribution in [-0.4, -0.2) is 29.3 Å². The molecule has 4 rings (SSSR count). The fraction of sp³-hybridized carbons (Fsp3) is 0.136. The van der Waals surface area contributed by atoms with Crippen molar-refractivity contribution in [3.8, 4) is 17.2 Å². The first kappa shape index (κ1) is 22.6. The Balaban J connectivity index is 1.77. The summed E-state index contributed by atoms with van der Waals surface area (Å²) in [6, 6.07) is 9.97. The second kappa shape index (κ2) is 9.08. The van der Waals surface area contributed by atoms with Gasteiger partial charge in [0.25, 0.3) is 5.56 Å². The van der Waals surface area contributed by atoms with Crippen molar-refractivity contribution in [2.24, 2.45) is 0 Å². The third-order valence-corrected chi connectivity index (χ3v) is 6.08. The zero-order chi connectivity index (χ0) is 23.7. The third-order valence-electron chi connectivity index (χ3n) is 4.90. The highest BCUT2D eigenvalue weighted by molar-refractivity contribution is 7.17. The average Bonchev–Trinajstić information content (AvgIpc) is 3.28. The number of amides is 1. The smallest absolute Gasteiger partial charge is 0.336 e. The predicted molar refractivity (Wildman–Crippen MR) is 125 cm³/mol. The van der Waals surface area contributed by atoms with Crippen LogP contribution >= 0.6 is 22.9 Å². The number of methoxy groups -OCH3 is 2. The number of para-hydroxylation sites is 1. The largest absolute Gasteiger partial charge is 0.495 e. The van der Waals surface area contributed by atoms with E-state index in [1.807, 2.05) is 0 Å². The lowest BCUT2D eigenvalue weighted by molar-refractivity contribution is -0.116. The first-order chi connectivity index (χ1) is 15.8. The molecule has 0 aliphatic rings. The summed E-state index contributed by atoms with van der Waals surface area (Å²) in [4.78, 5) is 39.0.